The third-order valence-corrected chi connectivity index (χ3v) is 6.79. The number of carbonyl (C=O) groups excluding carboxylic acids is 2. The highest BCUT2D eigenvalue weighted by Crippen LogP contribution is 2.21. The molecule has 3 aromatic carbocycles. The van der Waals surface area contributed by atoms with Crippen LogP contribution in [0, 0.1) is 11.6 Å². The molecule has 0 spiro atoms. The molecule has 188 valence electrons. The molecule has 0 radical (unpaired) electrons. The first-order valence-electron chi connectivity index (χ1n) is 12.6. The van der Waals surface area contributed by atoms with Crippen LogP contribution < -0.4 is 5.32 Å². The van der Waals surface area contributed by atoms with Crippen molar-refractivity contribution < 1.29 is 18.4 Å². The second-order valence-corrected chi connectivity index (χ2v) is 9.47. The molecule has 4 nitrogen and oxygen atoms in total. The van der Waals surface area contributed by atoms with E-state index in [-0.39, 0.29) is 42.2 Å². The Morgan fingerprint density at radius 2 is 1.50 bits per heavy atom. The summed E-state index contributed by atoms with van der Waals surface area (Å²) in [6.07, 6.45) is 5.30. The predicted molar refractivity (Wildman–Crippen MR) is 136 cm³/mol. The van der Waals surface area contributed by atoms with Crippen molar-refractivity contribution in [1.82, 2.24) is 10.2 Å². The Morgan fingerprint density at radius 3 is 2.19 bits per heavy atom. The van der Waals surface area contributed by atoms with Gasteiger partial charge >= 0.3 is 0 Å². The van der Waals surface area contributed by atoms with Gasteiger partial charge in [-0.2, -0.15) is 0 Å². The summed E-state index contributed by atoms with van der Waals surface area (Å²) >= 11 is 0. The van der Waals surface area contributed by atoms with Crippen LogP contribution in [0.3, 0.4) is 0 Å². The molecule has 2 amide bonds. The normalized spacial score (nSPS) is 14.7. The number of benzene rings is 3. The summed E-state index contributed by atoms with van der Waals surface area (Å²) in [4.78, 5) is 28.9. The molecule has 0 aliphatic heterocycles. The summed E-state index contributed by atoms with van der Waals surface area (Å²) in [5.41, 5.74) is 1.89. The van der Waals surface area contributed by atoms with Gasteiger partial charge in [0.05, 0.1) is 6.42 Å². The van der Waals surface area contributed by atoms with Gasteiger partial charge in [0.25, 0.3) is 0 Å². The molecule has 1 aliphatic rings. The third kappa shape index (κ3) is 7.00. The van der Waals surface area contributed by atoms with Crippen molar-refractivity contribution >= 4 is 11.8 Å². The summed E-state index contributed by atoms with van der Waals surface area (Å²) in [5, 5.41) is 3.18. The number of nitrogens with one attached hydrogen (secondary N) is 1. The molecule has 1 saturated carbocycles. The van der Waals surface area contributed by atoms with E-state index < -0.39 is 11.9 Å². The van der Waals surface area contributed by atoms with E-state index in [4.69, 9.17) is 0 Å². The Kier molecular flexibility index (Phi) is 8.82. The number of carbonyl (C=O) groups is 2. The zero-order valence-electron chi connectivity index (χ0n) is 20.3. The first-order valence-corrected chi connectivity index (χ1v) is 12.6. The molecule has 0 unspecified atom stereocenters. The maximum atomic E-state index is 14.4. The highest BCUT2D eigenvalue weighted by atomic mass is 19.1. The minimum absolute atomic E-state index is 0.0823. The van der Waals surface area contributed by atoms with E-state index in [0.717, 1.165) is 37.7 Å². The molecule has 3 aromatic rings. The quantitative estimate of drug-likeness (QED) is 0.425. The van der Waals surface area contributed by atoms with Gasteiger partial charge in [-0.15, -0.1) is 0 Å². The van der Waals surface area contributed by atoms with Gasteiger partial charge in [0, 0.05) is 19.0 Å². The van der Waals surface area contributed by atoms with Crippen molar-refractivity contribution in [3.63, 3.8) is 0 Å². The zero-order valence-corrected chi connectivity index (χ0v) is 20.3. The molecule has 1 N–H and O–H groups in total. The van der Waals surface area contributed by atoms with E-state index >= 15 is 0 Å². The second-order valence-electron chi connectivity index (χ2n) is 9.47. The summed E-state index contributed by atoms with van der Waals surface area (Å²) in [6.45, 7) is 0.114. The first kappa shape index (κ1) is 25.5. The zero-order chi connectivity index (χ0) is 25.3. The van der Waals surface area contributed by atoms with Gasteiger partial charge in [0.2, 0.25) is 11.8 Å². The molecule has 0 saturated heterocycles. The van der Waals surface area contributed by atoms with Gasteiger partial charge < -0.3 is 10.2 Å². The van der Waals surface area contributed by atoms with Crippen LogP contribution in [0.1, 0.15) is 48.8 Å². The van der Waals surface area contributed by atoms with Crippen molar-refractivity contribution in [2.24, 2.45) is 0 Å². The van der Waals surface area contributed by atoms with Gasteiger partial charge in [-0.1, -0.05) is 79.9 Å². The number of nitrogens with zero attached hydrogens (tertiary/aromatic N) is 1. The Bertz CT molecular complexity index is 1150. The summed E-state index contributed by atoms with van der Waals surface area (Å²) in [5.74, 6) is -1.41. The van der Waals surface area contributed by atoms with Crippen molar-refractivity contribution in [1.29, 1.82) is 0 Å². The highest BCUT2D eigenvalue weighted by Gasteiger charge is 2.32. The van der Waals surface area contributed by atoms with Crippen molar-refractivity contribution in [3.8, 4) is 0 Å². The number of rotatable bonds is 9. The minimum atomic E-state index is -0.793. The summed E-state index contributed by atoms with van der Waals surface area (Å²) in [6, 6.07) is 20.9. The molecule has 1 fully saturated rings. The molecule has 0 heterocycles. The Hall–Kier alpha value is -3.54. The molecular weight excluding hydrogens is 458 g/mol. The van der Waals surface area contributed by atoms with Gasteiger partial charge in [-0.25, -0.2) is 8.78 Å². The van der Waals surface area contributed by atoms with E-state index in [0.29, 0.717) is 12.0 Å². The maximum Gasteiger partial charge on any atom is 0.243 e. The molecular formula is C30H32F2N2O2. The van der Waals surface area contributed by atoms with E-state index in [1.807, 2.05) is 30.3 Å². The van der Waals surface area contributed by atoms with Crippen LogP contribution in [-0.4, -0.2) is 28.8 Å². The van der Waals surface area contributed by atoms with E-state index in [9.17, 15) is 18.4 Å². The van der Waals surface area contributed by atoms with Crippen LogP contribution in [0.4, 0.5) is 8.78 Å². The van der Waals surface area contributed by atoms with Crippen molar-refractivity contribution in [2.75, 3.05) is 0 Å². The van der Waals surface area contributed by atoms with Crippen molar-refractivity contribution in [3.05, 3.63) is 107 Å². The van der Waals surface area contributed by atoms with Gasteiger partial charge in [-0.3, -0.25) is 9.59 Å². The molecule has 0 bridgehead atoms. The number of amides is 2. The third-order valence-electron chi connectivity index (χ3n) is 6.79. The Labute approximate surface area is 211 Å². The predicted octanol–water partition coefficient (Wildman–Crippen LogP) is 5.60. The largest absolute Gasteiger partial charge is 0.352 e. The summed E-state index contributed by atoms with van der Waals surface area (Å²) < 4.78 is 28.0. The van der Waals surface area contributed by atoms with Crippen LogP contribution >= 0.6 is 0 Å². The van der Waals surface area contributed by atoms with E-state index in [1.54, 1.807) is 30.3 Å². The lowest BCUT2D eigenvalue weighted by Crippen LogP contribution is -2.53. The maximum absolute atomic E-state index is 14.4. The molecule has 6 heteroatoms. The monoisotopic (exact) mass is 490 g/mol. The highest BCUT2D eigenvalue weighted by molar-refractivity contribution is 5.89. The molecule has 1 aliphatic carbocycles. The molecule has 36 heavy (non-hydrogen) atoms. The van der Waals surface area contributed by atoms with Crippen LogP contribution in [0.25, 0.3) is 0 Å². The van der Waals surface area contributed by atoms with Gasteiger partial charge in [0.15, 0.2) is 0 Å². The Balaban J connectivity index is 1.65. The first-order chi connectivity index (χ1) is 17.5. The molecule has 0 aromatic heterocycles. The van der Waals surface area contributed by atoms with Crippen LogP contribution in [0.2, 0.25) is 0 Å². The number of hydrogen-bond donors (Lipinski definition) is 1. The van der Waals surface area contributed by atoms with E-state index in [2.05, 4.69) is 5.32 Å². The fourth-order valence-corrected chi connectivity index (χ4v) is 4.79. The van der Waals surface area contributed by atoms with E-state index in [1.165, 1.54) is 23.1 Å². The van der Waals surface area contributed by atoms with Crippen LogP contribution in [0.15, 0.2) is 78.9 Å². The molecule has 4 rings (SSSR count). The summed E-state index contributed by atoms with van der Waals surface area (Å²) in [7, 11) is 0. The van der Waals surface area contributed by atoms with Gasteiger partial charge in [0.1, 0.15) is 17.7 Å². The minimum Gasteiger partial charge on any atom is -0.352 e. The standard InChI is InChI=1S/C30H32F2N2O2/c31-25-17-15-23(16-18-25)21-34(29(35)20-24-11-7-8-14-27(24)32)28(19-22-9-3-1-4-10-22)30(36)33-26-12-5-2-6-13-26/h1,3-4,7-11,14-18,26,28H,2,5-6,12-13,19-21H2,(H,33,36)/t28-/m0/s1. The van der Waals surface area contributed by atoms with Gasteiger partial charge in [-0.05, 0) is 47.7 Å². The second kappa shape index (κ2) is 12.4. The molecule has 1 atom stereocenters. The smallest absolute Gasteiger partial charge is 0.243 e. The average Bonchev–Trinajstić information content (AvgIpc) is 2.89. The lowest BCUT2D eigenvalue weighted by atomic mass is 9.94. The fourth-order valence-electron chi connectivity index (χ4n) is 4.79. The lowest BCUT2D eigenvalue weighted by molar-refractivity contribution is -0.141. The van der Waals surface area contributed by atoms with Crippen LogP contribution in [0.5, 0.6) is 0 Å². The number of hydrogen-bond acceptors (Lipinski definition) is 2. The average molecular weight is 491 g/mol. The lowest BCUT2D eigenvalue weighted by Gasteiger charge is -2.33. The van der Waals surface area contributed by atoms with Crippen LogP contribution in [-0.2, 0) is 29.0 Å². The Morgan fingerprint density at radius 1 is 0.833 bits per heavy atom. The SMILES string of the molecule is O=C(NC1CCCCC1)[C@H](Cc1ccccc1)N(Cc1ccc(F)cc1)C(=O)Cc1ccccc1F. The topological polar surface area (TPSA) is 49.4 Å². The fraction of sp³-hybridized carbons (Fsp3) is 0.333. The van der Waals surface area contributed by atoms with Crippen molar-refractivity contribution in [2.45, 2.75) is 63.6 Å². The number of halogens is 2.